The van der Waals surface area contributed by atoms with Gasteiger partial charge in [-0.3, -0.25) is 0 Å². The van der Waals surface area contributed by atoms with E-state index in [1.165, 1.54) is 6.20 Å². The largest absolute Gasteiger partial charge is 0.511 e. The molecule has 1 atom stereocenters. The van der Waals surface area contributed by atoms with Gasteiger partial charge in [0.05, 0.1) is 28.6 Å². The van der Waals surface area contributed by atoms with Gasteiger partial charge < -0.3 is 10.8 Å². The van der Waals surface area contributed by atoms with Crippen molar-refractivity contribution >= 4 is 33.1 Å². The summed E-state index contributed by atoms with van der Waals surface area (Å²) in [4.78, 5) is 3.87. The molecule has 2 aromatic rings. The van der Waals surface area contributed by atoms with Crippen molar-refractivity contribution in [1.29, 1.82) is 5.26 Å². The van der Waals surface area contributed by atoms with Crippen LogP contribution < -0.4 is 5.73 Å². The van der Waals surface area contributed by atoms with Crippen LogP contribution in [0.2, 0.25) is 5.02 Å². The second-order valence-corrected chi connectivity index (χ2v) is 9.17. The molecular weight excluding hydrogens is 449 g/mol. The maximum atomic E-state index is 12.0. The lowest BCUT2D eigenvalue weighted by Crippen LogP contribution is -2.47. The Hall–Kier alpha value is -2.14. The number of rotatable bonds is 2. The van der Waals surface area contributed by atoms with Crippen molar-refractivity contribution in [2.24, 2.45) is 0 Å². The number of sulfonamides is 1. The summed E-state index contributed by atoms with van der Waals surface area (Å²) in [5.41, 5.74) is 2.06. The van der Waals surface area contributed by atoms with Crippen LogP contribution in [0.25, 0.3) is 5.52 Å². The molecule has 3 N–H and O–H groups in total. The Kier molecular flexibility index (Phi) is 7.18. The molecule has 30 heavy (non-hydrogen) atoms. The third-order valence-corrected chi connectivity index (χ3v) is 6.31. The van der Waals surface area contributed by atoms with Gasteiger partial charge in [0, 0.05) is 13.1 Å². The number of β-amino-alcohol motifs (C(OH)–C–C–N with tert-alkyl or cyclic N) is 1. The van der Waals surface area contributed by atoms with Gasteiger partial charge in [0.15, 0.2) is 0 Å². The van der Waals surface area contributed by atoms with Gasteiger partial charge in [-0.2, -0.15) is 22.7 Å². The fourth-order valence-electron chi connectivity index (χ4n) is 2.97. The maximum absolute atomic E-state index is 12.0. The topological polar surface area (TPSA) is 138 Å². The molecule has 2 aromatic heterocycles. The predicted octanol–water partition coefficient (Wildman–Crippen LogP) is 2.25. The molecule has 166 valence electrons. The van der Waals surface area contributed by atoms with E-state index in [9.17, 15) is 21.6 Å². The van der Waals surface area contributed by atoms with Crippen LogP contribution >= 0.6 is 11.6 Å². The van der Waals surface area contributed by atoms with Crippen LogP contribution in [0.15, 0.2) is 6.20 Å². The molecule has 0 saturated carbocycles. The summed E-state index contributed by atoms with van der Waals surface area (Å²) in [6.07, 6.45) is 1.11. The Bertz CT molecular complexity index is 1060. The summed E-state index contributed by atoms with van der Waals surface area (Å²) < 4.78 is 59.7. The monoisotopic (exact) mass is 468 g/mol. The normalized spacial score (nSPS) is 18.2. The van der Waals surface area contributed by atoms with E-state index < -0.39 is 28.2 Å². The summed E-state index contributed by atoms with van der Waals surface area (Å²) in [6.45, 7) is 3.29. The van der Waals surface area contributed by atoms with E-state index in [2.05, 4.69) is 16.2 Å². The number of fused-ring (bicyclic) bond motifs is 1. The molecule has 0 bridgehead atoms. The number of anilines is 1. The molecule has 14 heteroatoms. The van der Waals surface area contributed by atoms with E-state index in [0.29, 0.717) is 22.5 Å². The van der Waals surface area contributed by atoms with E-state index >= 15 is 0 Å². The second-order valence-electron chi connectivity index (χ2n) is 6.86. The molecule has 0 amide bonds. The average Bonchev–Trinajstić information content (AvgIpc) is 2.92. The van der Waals surface area contributed by atoms with E-state index in [0.717, 1.165) is 5.69 Å². The van der Waals surface area contributed by atoms with Crippen molar-refractivity contribution in [3.05, 3.63) is 22.5 Å². The molecule has 0 spiro atoms. The van der Waals surface area contributed by atoms with Crippen molar-refractivity contribution in [3.8, 4) is 6.07 Å². The Morgan fingerprint density at radius 3 is 2.57 bits per heavy atom. The smallest absolute Gasteiger partial charge is 0.392 e. The number of aliphatic hydroxyl groups excluding tert-OH is 1. The molecular formula is C16H20ClF3N6O3S. The summed E-state index contributed by atoms with van der Waals surface area (Å²) in [7, 11) is -5.26. The summed E-state index contributed by atoms with van der Waals surface area (Å²) in [6, 6.07) is 2.09. The van der Waals surface area contributed by atoms with Gasteiger partial charge in [0.2, 0.25) is 5.95 Å². The number of nitrogen functional groups attached to an aromatic ring is 1. The van der Waals surface area contributed by atoms with Crippen molar-refractivity contribution in [2.45, 2.75) is 44.2 Å². The van der Waals surface area contributed by atoms with Crippen LogP contribution in [-0.4, -0.2) is 57.1 Å². The van der Waals surface area contributed by atoms with Gasteiger partial charge in [0.25, 0.3) is 0 Å². The molecule has 0 radical (unpaired) electrons. The van der Waals surface area contributed by atoms with Crippen LogP contribution in [0.5, 0.6) is 0 Å². The number of piperidine rings is 1. The minimum atomic E-state index is -5.27. The van der Waals surface area contributed by atoms with Crippen LogP contribution in [0.1, 0.15) is 43.9 Å². The first-order chi connectivity index (χ1) is 13.8. The first-order valence-electron chi connectivity index (χ1n) is 8.78. The van der Waals surface area contributed by atoms with Crippen molar-refractivity contribution in [3.63, 3.8) is 0 Å². The number of hydrogen-bond acceptors (Lipinski definition) is 7. The molecule has 3 heterocycles. The van der Waals surface area contributed by atoms with Crippen LogP contribution in [0.4, 0.5) is 19.1 Å². The Balaban J connectivity index is 0.000000216. The molecule has 0 aromatic carbocycles. The number of nitriles is 1. The number of aromatic nitrogens is 3. The highest BCUT2D eigenvalue weighted by molar-refractivity contribution is 7.90. The number of hydrogen-bond donors (Lipinski definition) is 2. The first-order valence-corrected chi connectivity index (χ1v) is 10.6. The average molecular weight is 469 g/mol. The van der Waals surface area contributed by atoms with Crippen molar-refractivity contribution in [1.82, 2.24) is 18.9 Å². The van der Waals surface area contributed by atoms with Gasteiger partial charge in [-0.25, -0.2) is 17.9 Å². The third-order valence-electron chi connectivity index (χ3n) is 4.33. The minimum Gasteiger partial charge on any atom is -0.392 e. The summed E-state index contributed by atoms with van der Waals surface area (Å²) in [5, 5.41) is 22.6. The van der Waals surface area contributed by atoms with Crippen LogP contribution in [0.3, 0.4) is 0 Å². The van der Waals surface area contributed by atoms with Gasteiger partial charge in [-0.05, 0) is 18.8 Å². The third kappa shape index (κ3) is 4.77. The first kappa shape index (κ1) is 24.1. The standard InChI is InChI=1S/C10H10ClN5.C6H10F3NO3S/c1-5(2)9-6(3-12)8(11)7-4-14-10(13)15-16(7)9;7-6(8,9)14(12,13)10-3-1-2-5(11)4-10/h4-5H,1-2H3,(H2,13,15);5,11H,1-4H2. The molecule has 1 aliphatic rings. The van der Waals surface area contributed by atoms with Gasteiger partial charge in [0.1, 0.15) is 11.6 Å². The lowest BCUT2D eigenvalue weighted by molar-refractivity contribution is -0.0508. The molecule has 3 rings (SSSR count). The predicted molar refractivity (Wildman–Crippen MR) is 103 cm³/mol. The zero-order valence-electron chi connectivity index (χ0n) is 16.1. The van der Waals surface area contributed by atoms with Gasteiger partial charge in [-0.15, -0.1) is 5.10 Å². The SMILES string of the molecule is CC(C)c1c(C#N)c(Cl)c2cnc(N)nn12.O=S(=O)(N1CCCC(O)C1)C(F)(F)F. The molecule has 1 unspecified atom stereocenters. The van der Waals surface area contributed by atoms with E-state index in [4.69, 9.17) is 27.7 Å². The van der Waals surface area contributed by atoms with E-state index in [-0.39, 0.29) is 29.1 Å². The zero-order chi connectivity index (χ0) is 22.9. The highest BCUT2D eigenvalue weighted by Crippen LogP contribution is 2.31. The molecule has 1 aliphatic heterocycles. The molecule has 1 saturated heterocycles. The van der Waals surface area contributed by atoms with Crippen LogP contribution in [0, 0.1) is 11.3 Å². The lowest BCUT2D eigenvalue weighted by atomic mass is 10.1. The minimum absolute atomic E-state index is 0.129. The van der Waals surface area contributed by atoms with E-state index in [1.54, 1.807) is 4.52 Å². The summed E-state index contributed by atoms with van der Waals surface area (Å²) in [5.74, 6) is 0.287. The van der Waals surface area contributed by atoms with E-state index in [1.807, 2.05) is 13.8 Å². The van der Waals surface area contributed by atoms with Gasteiger partial charge in [-0.1, -0.05) is 25.4 Å². The molecule has 1 fully saturated rings. The van der Waals surface area contributed by atoms with Crippen molar-refractivity contribution < 1.29 is 26.7 Å². The number of nitrogens with two attached hydrogens (primary N) is 1. The fourth-order valence-corrected chi connectivity index (χ4v) is 4.27. The molecule has 0 aliphatic carbocycles. The quantitative estimate of drug-likeness (QED) is 0.689. The number of nitrogens with zero attached hydrogens (tertiary/aromatic N) is 5. The fraction of sp³-hybridized carbons (Fsp3) is 0.562. The Labute approximate surface area is 175 Å². The van der Waals surface area contributed by atoms with Gasteiger partial charge >= 0.3 is 15.5 Å². The second kappa shape index (κ2) is 8.93. The highest BCUT2D eigenvalue weighted by atomic mass is 35.5. The number of alkyl halides is 3. The maximum Gasteiger partial charge on any atom is 0.511 e. The van der Waals surface area contributed by atoms with Crippen molar-refractivity contribution in [2.75, 3.05) is 18.8 Å². The summed E-state index contributed by atoms with van der Waals surface area (Å²) >= 11 is 6.09. The highest BCUT2D eigenvalue weighted by Gasteiger charge is 2.50. The number of aliphatic hydroxyl groups is 1. The van der Waals surface area contributed by atoms with Crippen LogP contribution in [-0.2, 0) is 10.0 Å². The lowest BCUT2D eigenvalue weighted by Gasteiger charge is -2.29. The molecule has 9 nitrogen and oxygen atoms in total. The Morgan fingerprint density at radius 1 is 1.43 bits per heavy atom. The zero-order valence-corrected chi connectivity index (χ0v) is 17.6. The number of halogens is 4. The Morgan fingerprint density at radius 2 is 2.07 bits per heavy atom.